The van der Waals surface area contributed by atoms with E-state index in [1.165, 1.54) is 6.20 Å². The first kappa shape index (κ1) is 18.8. The molecule has 2 heterocycles. The van der Waals surface area contributed by atoms with Gasteiger partial charge in [-0.3, -0.25) is 9.59 Å². The molecule has 1 aromatic heterocycles. The fraction of sp³-hybridized carbons (Fsp3) is 0.350. The van der Waals surface area contributed by atoms with Crippen molar-refractivity contribution in [2.75, 3.05) is 19.8 Å². The highest BCUT2D eigenvalue weighted by Crippen LogP contribution is 2.15. The summed E-state index contributed by atoms with van der Waals surface area (Å²) < 4.78 is 16.2. The standard InChI is InChI=1S/C20H22N2O5/c23-19(26-14-15-4-2-1-3-5-15)13-22-20(24)16-6-7-18(21-12-16)27-17-8-10-25-11-9-17/h1-7,12,17H,8-11,13-14H2,(H,22,24). The maximum atomic E-state index is 12.1. The molecule has 0 spiro atoms. The maximum Gasteiger partial charge on any atom is 0.325 e. The second-order valence-corrected chi connectivity index (χ2v) is 6.14. The molecule has 0 saturated carbocycles. The average Bonchev–Trinajstić information content (AvgIpc) is 2.72. The smallest absolute Gasteiger partial charge is 0.325 e. The molecule has 7 heteroatoms. The normalized spacial score (nSPS) is 14.4. The van der Waals surface area contributed by atoms with E-state index in [4.69, 9.17) is 14.2 Å². The predicted octanol–water partition coefficient (Wildman–Crippen LogP) is 2.11. The van der Waals surface area contributed by atoms with Crippen LogP contribution in [0.25, 0.3) is 0 Å². The molecule has 142 valence electrons. The summed E-state index contributed by atoms with van der Waals surface area (Å²) in [5.41, 5.74) is 1.24. The number of benzene rings is 1. The number of amides is 1. The molecule has 1 aliphatic rings. The minimum absolute atomic E-state index is 0.0883. The van der Waals surface area contributed by atoms with Crippen molar-refractivity contribution in [1.29, 1.82) is 0 Å². The number of hydrogen-bond donors (Lipinski definition) is 1. The van der Waals surface area contributed by atoms with Crippen molar-refractivity contribution in [2.24, 2.45) is 0 Å². The molecule has 0 bridgehead atoms. The number of nitrogens with one attached hydrogen (secondary N) is 1. The van der Waals surface area contributed by atoms with E-state index >= 15 is 0 Å². The minimum Gasteiger partial charge on any atom is -0.474 e. The fourth-order valence-corrected chi connectivity index (χ4v) is 2.59. The number of esters is 1. The number of pyridine rings is 1. The van der Waals surface area contributed by atoms with Crippen molar-refractivity contribution < 1.29 is 23.8 Å². The number of ether oxygens (including phenoxy) is 3. The Kier molecular flexibility index (Phi) is 6.76. The first-order valence-electron chi connectivity index (χ1n) is 8.89. The van der Waals surface area contributed by atoms with Gasteiger partial charge in [-0.2, -0.15) is 0 Å². The Balaban J connectivity index is 1.41. The minimum atomic E-state index is -0.500. The third-order valence-corrected chi connectivity index (χ3v) is 4.09. The second-order valence-electron chi connectivity index (χ2n) is 6.14. The van der Waals surface area contributed by atoms with Gasteiger partial charge in [0.15, 0.2) is 0 Å². The number of aromatic nitrogens is 1. The van der Waals surface area contributed by atoms with E-state index in [2.05, 4.69) is 10.3 Å². The van der Waals surface area contributed by atoms with E-state index in [0.29, 0.717) is 24.7 Å². The molecule has 3 rings (SSSR count). The Morgan fingerprint density at radius 1 is 1.11 bits per heavy atom. The van der Waals surface area contributed by atoms with Gasteiger partial charge in [-0.15, -0.1) is 0 Å². The molecule has 0 aliphatic carbocycles. The summed E-state index contributed by atoms with van der Waals surface area (Å²) in [4.78, 5) is 28.0. The first-order valence-corrected chi connectivity index (χ1v) is 8.89. The Morgan fingerprint density at radius 2 is 1.89 bits per heavy atom. The van der Waals surface area contributed by atoms with Crippen molar-refractivity contribution in [3.63, 3.8) is 0 Å². The van der Waals surface area contributed by atoms with E-state index in [1.54, 1.807) is 12.1 Å². The van der Waals surface area contributed by atoms with Gasteiger partial charge in [0.2, 0.25) is 5.88 Å². The van der Waals surface area contributed by atoms with Crippen LogP contribution in [0.4, 0.5) is 0 Å². The molecule has 0 atom stereocenters. The molecule has 1 aromatic carbocycles. The SMILES string of the molecule is O=C(CNC(=O)c1ccc(OC2CCOCC2)nc1)OCc1ccccc1. The molecule has 1 amide bonds. The monoisotopic (exact) mass is 370 g/mol. The van der Waals surface area contributed by atoms with Crippen molar-refractivity contribution in [1.82, 2.24) is 10.3 Å². The molecular formula is C20H22N2O5. The molecule has 1 fully saturated rings. The Morgan fingerprint density at radius 3 is 2.59 bits per heavy atom. The average molecular weight is 370 g/mol. The van der Waals surface area contributed by atoms with Gasteiger partial charge in [-0.1, -0.05) is 30.3 Å². The van der Waals surface area contributed by atoms with Gasteiger partial charge in [-0.05, 0) is 11.6 Å². The van der Waals surface area contributed by atoms with E-state index in [9.17, 15) is 9.59 Å². The van der Waals surface area contributed by atoms with Crippen molar-refractivity contribution >= 4 is 11.9 Å². The fourth-order valence-electron chi connectivity index (χ4n) is 2.59. The van der Waals surface area contributed by atoms with Gasteiger partial charge < -0.3 is 19.5 Å². The molecule has 27 heavy (non-hydrogen) atoms. The molecule has 7 nitrogen and oxygen atoms in total. The summed E-state index contributed by atoms with van der Waals surface area (Å²) >= 11 is 0. The topological polar surface area (TPSA) is 86.8 Å². The van der Waals surface area contributed by atoms with Crippen LogP contribution in [0.3, 0.4) is 0 Å². The van der Waals surface area contributed by atoms with Gasteiger partial charge in [0.1, 0.15) is 19.3 Å². The van der Waals surface area contributed by atoms with Crippen molar-refractivity contribution in [2.45, 2.75) is 25.6 Å². The van der Waals surface area contributed by atoms with Gasteiger partial charge >= 0.3 is 5.97 Å². The predicted molar refractivity (Wildman–Crippen MR) is 97.3 cm³/mol. The van der Waals surface area contributed by atoms with E-state index in [1.807, 2.05) is 30.3 Å². The number of nitrogens with zero attached hydrogens (tertiary/aromatic N) is 1. The van der Waals surface area contributed by atoms with Crippen LogP contribution in [-0.4, -0.2) is 42.7 Å². The Labute approximate surface area is 157 Å². The second kappa shape index (κ2) is 9.68. The first-order chi connectivity index (χ1) is 13.2. The number of carbonyl (C=O) groups is 2. The van der Waals surface area contributed by atoms with E-state index in [0.717, 1.165) is 18.4 Å². The lowest BCUT2D eigenvalue weighted by molar-refractivity contribution is -0.143. The summed E-state index contributed by atoms with van der Waals surface area (Å²) in [6, 6.07) is 12.6. The summed E-state index contributed by atoms with van der Waals surface area (Å²) in [5.74, 6) is -0.419. The molecule has 1 saturated heterocycles. The van der Waals surface area contributed by atoms with E-state index < -0.39 is 11.9 Å². The Hall–Kier alpha value is -2.93. The summed E-state index contributed by atoms with van der Waals surface area (Å²) in [6.45, 7) is 1.35. The number of carbonyl (C=O) groups excluding carboxylic acids is 2. The van der Waals surface area contributed by atoms with Crippen LogP contribution in [-0.2, 0) is 20.9 Å². The Bertz CT molecular complexity index is 743. The van der Waals surface area contributed by atoms with Crippen LogP contribution in [0.5, 0.6) is 5.88 Å². The quantitative estimate of drug-likeness (QED) is 0.751. The summed E-state index contributed by atoms with van der Waals surface area (Å²) in [5, 5.41) is 2.53. The largest absolute Gasteiger partial charge is 0.474 e. The summed E-state index contributed by atoms with van der Waals surface area (Å²) in [6.07, 6.45) is 3.17. The zero-order valence-electron chi connectivity index (χ0n) is 14.9. The lowest BCUT2D eigenvalue weighted by atomic mass is 10.1. The van der Waals surface area contributed by atoms with Crippen LogP contribution in [0, 0.1) is 0 Å². The van der Waals surface area contributed by atoms with Crippen molar-refractivity contribution in [3.05, 3.63) is 59.8 Å². The van der Waals surface area contributed by atoms with Gasteiger partial charge in [-0.25, -0.2) is 4.98 Å². The lowest BCUT2D eigenvalue weighted by Gasteiger charge is -2.22. The maximum absolute atomic E-state index is 12.1. The van der Waals surface area contributed by atoms with E-state index in [-0.39, 0.29) is 19.3 Å². The molecular weight excluding hydrogens is 348 g/mol. The lowest BCUT2D eigenvalue weighted by Crippen LogP contribution is -2.30. The van der Waals surface area contributed by atoms with Gasteiger partial charge in [0.25, 0.3) is 5.91 Å². The number of hydrogen-bond acceptors (Lipinski definition) is 6. The molecule has 0 radical (unpaired) electrons. The van der Waals surface area contributed by atoms with Crippen LogP contribution < -0.4 is 10.1 Å². The third kappa shape index (κ3) is 6.07. The van der Waals surface area contributed by atoms with Gasteiger partial charge in [0.05, 0.1) is 18.8 Å². The molecule has 2 aromatic rings. The van der Waals surface area contributed by atoms with Crippen LogP contribution in [0.15, 0.2) is 48.7 Å². The van der Waals surface area contributed by atoms with Crippen LogP contribution in [0.2, 0.25) is 0 Å². The zero-order chi connectivity index (χ0) is 18.9. The molecule has 1 N–H and O–H groups in total. The van der Waals surface area contributed by atoms with Crippen LogP contribution in [0.1, 0.15) is 28.8 Å². The highest BCUT2D eigenvalue weighted by Gasteiger charge is 2.16. The highest BCUT2D eigenvalue weighted by atomic mass is 16.5. The molecule has 1 aliphatic heterocycles. The molecule has 0 unspecified atom stereocenters. The van der Waals surface area contributed by atoms with Crippen LogP contribution >= 0.6 is 0 Å². The zero-order valence-corrected chi connectivity index (χ0v) is 14.9. The van der Waals surface area contributed by atoms with Crippen molar-refractivity contribution in [3.8, 4) is 5.88 Å². The number of rotatable bonds is 7. The summed E-state index contributed by atoms with van der Waals surface area (Å²) in [7, 11) is 0. The third-order valence-electron chi connectivity index (χ3n) is 4.09. The highest BCUT2D eigenvalue weighted by molar-refractivity contribution is 5.95. The van der Waals surface area contributed by atoms with Gasteiger partial charge in [0, 0.05) is 25.1 Å².